The summed E-state index contributed by atoms with van der Waals surface area (Å²) >= 11 is 3.30. The normalized spacial score (nSPS) is 14.8. The Labute approximate surface area is 96.2 Å². The van der Waals surface area contributed by atoms with E-state index in [1.54, 1.807) is 19.4 Å². The van der Waals surface area contributed by atoms with Crippen molar-refractivity contribution in [3.8, 4) is 5.75 Å². The van der Waals surface area contributed by atoms with E-state index >= 15 is 0 Å². The van der Waals surface area contributed by atoms with Crippen LogP contribution in [-0.2, 0) is 4.79 Å². The van der Waals surface area contributed by atoms with E-state index in [1.165, 1.54) is 0 Å². The predicted octanol–water partition coefficient (Wildman–Crippen LogP) is 2.20. The van der Waals surface area contributed by atoms with Crippen molar-refractivity contribution in [1.29, 1.82) is 0 Å². The summed E-state index contributed by atoms with van der Waals surface area (Å²) in [6.07, 6.45) is 3.58. The van der Waals surface area contributed by atoms with Crippen molar-refractivity contribution < 1.29 is 9.53 Å². The molecule has 1 aromatic rings. The molecule has 1 heterocycles. The van der Waals surface area contributed by atoms with Crippen LogP contribution in [0, 0.1) is 5.92 Å². The summed E-state index contributed by atoms with van der Waals surface area (Å²) in [4.78, 5) is 15.5. The quantitative estimate of drug-likeness (QED) is 0.916. The number of anilines is 1. The molecule has 0 radical (unpaired) electrons. The molecular weight excluding hydrogens is 260 g/mol. The van der Waals surface area contributed by atoms with Crippen molar-refractivity contribution in [3.05, 3.63) is 16.7 Å². The number of nitrogens with one attached hydrogen (secondary N) is 1. The Balaban J connectivity index is 2.10. The summed E-state index contributed by atoms with van der Waals surface area (Å²) < 4.78 is 5.88. The summed E-state index contributed by atoms with van der Waals surface area (Å²) in [6, 6.07) is 1.70. The highest BCUT2D eigenvalue weighted by Gasteiger charge is 2.29. The summed E-state index contributed by atoms with van der Waals surface area (Å²) in [5.41, 5.74) is 0. The van der Waals surface area contributed by atoms with Gasteiger partial charge in [-0.3, -0.25) is 4.79 Å². The lowest BCUT2D eigenvalue weighted by Crippen LogP contribution is -2.14. The van der Waals surface area contributed by atoms with Crippen molar-refractivity contribution in [3.63, 3.8) is 0 Å². The summed E-state index contributed by atoms with van der Waals surface area (Å²) in [5.74, 6) is 1.43. The lowest BCUT2D eigenvalue weighted by molar-refractivity contribution is -0.117. The van der Waals surface area contributed by atoms with Gasteiger partial charge in [-0.1, -0.05) is 0 Å². The predicted molar refractivity (Wildman–Crippen MR) is 59.8 cm³/mol. The molecule has 4 nitrogen and oxygen atoms in total. The molecule has 2 rings (SSSR count). The second kappa shape index (κ2) is 4.18. The molecule has 1 fully saturated rings. The van der Waals surface area contributed by atoms with Gasteiger partial charge in [0.1, 0.15) is 11.6 Å². The second-order valence-electron chi connectivity index (χ2n) is 3.47. The summed E-state index contributed by atoms with van der Waals surface area (Å²) in [5, 5.41) is 2.75. The molecule has 1 N–H and O–H groups in total. The van der Waals surface area contributed by atoms with Gasteiger partial charge in [-0.15, -0.1) is 0 Å². The first kappa shape index (κ1) is 10.4. The van der Waals surface area contributed by atoms with Gasteiger partial charge in [-0.25, -0.2) is 4.98 Å². The minimum Gasteiger partial charge on any atom is -0.495 e. The van der Waals surface area contributed by atoms with E-state index in [1.807, 2.05) is 0 Å². The van der Waals surface area contributed by atoms with Gasteiger partial charge in [0.15, 0.2) is 0 Å². The molecule has 5 heteroatoms. The van der Waals surface area contributed by atoms with E-state index in [9.17, 15) is 4.79 Å². The Morgan fingerprint density at radius 3 is 3.00 bits per heavy atom. The lowest BCUT2D eigenvalue weighted by Gasteiger charge is -2.06. The first-order chi connectivity index (χ1) is 7.20. The number of hydrogen-bond donors (Lipinski definition) is 1. The van der Waals surface area contributed by atoms with Gasteiger partial charge in [-0.05, 0) is 28.8 Å². The summed E-state index contributed by atoms with van der Waals surface area (Å²) in [7, 11) is 1.58. The number of nitrogens with zero attached hydrogens (tertiary/aromatic N) is 1. The zero-order valence-electron chi connectivity index (χ0n) is 8.29. The average molecular weight is 271 g/mol. The van der Waals surface area contributed by atoms with Crippen LogP contribution < -0.4 is 10.1 Å². The van der Waals surface area contributed by atoms with Crippen LogP contribution in [0.15, 0.2) is 16.7 Å². The highest BCUT2D eigenvalue weighted by molar-refractivity contribution is 9.10. The molecule has 80 valence electrons. The highest BCUT2D eigenvalue weighted by atomic mass is 79.9. The average Bonchev–Trinajstić information content (AvgIpc) is 3.04. The molecule has 0 unspecified atom stereocenters. The van der Waals surface area contributed by atoms with Gasteiger partial charge >= 0.3 is 0 Å². The Hall–Kier alpha value is -1.10. The molecule has 0 saturated heterocycles. The maximum Gasteiger partial charge on any atom is 0.228 e. The summed E-state index contributed by atoms with van der Waals surface area (Å²) in [6.45, 7) is 0. The van der Waals surface area contributed by atoms with Crippen LogP contribution >= 0.6 is 15.9 Å². The van der Waals surface area contributed by atoms with E-state index in [2.05, 4.69) is 26.2 Å². The highest BCUT2D eigenvalue weighted by Crippen LogP contribution is 2.31. The first-order valence-corrected chi connectivity index (χ1v) is 5.50. The monoisotopic (exact) mass is 270 g/mol. The maximum absolute atomic E-state index is 11.5. The Bertz CT molecular complexity index is 391. The SMILES string of the molecule is COc1cc(NC(=O)C2CC2)ncc1Br. The van der Waals surface area contributed by atoms with Crippen molar-refractivity contribution in [2.45, 2.75) is 12.8 Å². The van der Waals surface area contributed by atoms with Crippen molar-refractivity contribution in [1.82, 2.24) is 4.98 Å². The first-order valence-electron chi connectivity index (χ1n) is 4.71. The largest absolute Gasteiger partial charge is 0.495 e. The van der Waals surface area contributed by atoms with Crippen LogP contribution in [-0.4, -0.2) is 18.0 Å². The molecule has 0 aliphatic heterocycles. The fourth-order valence-corrected chi connectivity index (χ4v) is 1.60. The minimum atomic E-state index is 0.0480. The molecular formula is C10H11BrN2O2. The van der Waals surface area contributed by atoms with Gasteiger partial charge in [0.2, 0.25) is 5.91 Å². The molecule has 1 saturated carbocycles. The third kappa shape index (κ3) is 2.47. The molecule has 1 aliphatic rings. The molecule has 0 bridgehead atoms. The maximum atomic E-state index is 11.5. The Kier molecular flexibility index (Phi) is 2.90. The number of aromatic nitrogens is 1. The van der Waals surface area contributed by atoms with Crippen LogP contribution in [0.5, 0.6) is 5.75 Å². The molecule has 15 heavy (non-hydrogen) atoms. The van der Waals surface area contributed by atoms with Crippen LogP contribution in [0.2, 0.25) is 0 Å². The number of pyridine rings is 1. The van der Waals surface area contributed by atoms with E-state index < -0.39 is 0 Å². The van der Waals surface area contributed by atoms with Gasteiger partial charge in [0.05, 0.1) is 11.6 Å². The van der Waals surface area contributed by atoms with Gasteiger partial charge in [0.25, 0.3) is 0 Å². The molecule has 0 atom stereocenters. The standard InChI is InChI=1S/C10H11BrN2O2/c1-15-8-4-9(12-5-7(8)11)13-10(14)6-2-3-6/h4-6H,2-3H2,1H3,(H,12,13,14). The smallest absolute Gasteiger partial charge is 0.228 e. The Morgan fingerprint density at radius 1 is 1.67 bits per heavy atom. The Morgan fingerprint density at radius 2 is 2.40 bits per heavy atom. The van der Waals surface area contributed by atoms with Crippen molar-refractivity contribution >= 4 is 27.7 Å². The topological polar surface area (TPSA) is 51.2 Å². The molecule has 0 spiro atoms. The van der Waals surface area contributed by atoms with Crippen LogP contribution in [0.25, 0.3) is 0 Å². The second-order valence-corrected chi connectivity index (χ2v) is 4.32. The number of carbonyl (C=O) groups excluding carboxylic acids is 1. The van der Waals surface area contributed by atoms with E-state index in [0.717, 1.165) is 17.3 Å². The van der Waals surface area contributed by atoms with E-state index in [4.69, 9.17) is 4.74 Å². The fourth-order valence-electron chi connectivity index (χ4n) is 1.22. The molecule has 1 amide bonds. The lowest BCUT2D eigenvalue weighted by atomic mass is 10.3. The fraction of sp³-hybridized carbons (Fsp3) is 0.400. The number of hydrogen-bond acceptors (Lipinski definition) is 3. The van der Waals surface area contributed by atoms with Crippen molar-refractivity contribution in [2.75, 3.05) is 12.4 Å². The molecule has 1 aliphatic carbocycles. The number of amides is 1. The third-order valence-electron chi connectivity index (χ3n) is 2.24. The van der Waals surface area contributed by atoms with Crippen molar-refractivity contribution in [2.24, 2.45) is 5.92 Å². The van der Waals surface area contributed by atoms with E-state index in [0.29, 0.717) is 11.6 Å². The molecule has 0 aromatic carbocycles. The number of ether oxygens (including phenoxy) is 1. The van der Waals surface area contributed by atoms with Crippen LogP contribution in [0.4, 0.5) is 5.82 Å². The van der Waals surface area contributed by atoms with Crippen LogP contribution in [0.1, 0.15) is 12.8 Å². The number of rotatable bonds is 3. The van der Waals surface area contributed by atoms with Crippen LogP contribution in [0.3, 0.4) is 0 Å². The minimum absolute atomic E-state index is 0.0480. The number of methoxy groups -OCH3 is 1. The zero-order valence-corrected chi connectivity index (χ0v) is 9.87. The van der Waals surface area contributed by atoms with E-state index in [-0.39, 0.29) is 11.8 Å². The number of halogens is 1. The zero-order chi connectivity index (χ0) is 10.8. The third-order valence-corrected chi connectivity index (χ3v) is 2.84. The number of carbonyl (C=O) groups is 1. The van der Waals surface area contributed by atoms with Gasteiger partial charge in [-0.2, -0.15) is 0 Å². The van der Waals surface area contributed by atoms with Gasteiger partial charge in [0, 0.05) is 18.2 Å². The molecule has 1 aromatic heterocycles. The van der Waals surface area contributed by atoms with Gasteiger partial charge < -0.3 is 10.1 Å².